The summed E-state index contributed by atoms with van der Waals surface area (Å²) in [6.45, 7) is 2.49. The van der Waals surface area contributed by atoms with Crippen LogP contribution in [-0.4, -0.2) is 34.7 Å². The highest BCUT2D eigenvalue weighted by Gasteiger charge is 2.40. The molecule has 2 aromatic rings. The van der Waals surface area contributed by atoms with Gasteiger partial charge in [-0.2, -0.15) is 4.31 Å². The maximum atomic E-state index is 12.9. The lowest BCUT2D eigenvalue weighted by Gasteiger charge is -2.20. The molecule has 3 rings (SSSR count). The average Bonchev–Trinajstić information content (AvgIpc) is 3.16. The van der Waals surface area contributed by atoms with Crippen LogP contribution in [-0.2, 0) is 10.0 Å². The number of halogens is 1. The fraction of sp³-hybridized carbons (Fsp3) is 0.462. The van der Waals surface area contributed by atoms with Gasteiger partial charge >= 0.3 is 0 Å². The van der Waals surface area contributed by atoms with Crippen molar-refractivity contribution in [2.75, 3.05) is 6.54 Å². The Morgan fingerprint density at radius 2 is 2.20 bits per heavy atom. The number of fused-ring (bicyclic) bond motifs is 1. The maximum Gasteiger partial charge on any atom is 0.262 e. The van der Waals surface area contributed by atoms with Gasteiger partial charge in [0.05, 0.1) is 0 Å². The quantitative estimate of drug-likeness (QED) is 0.852. The third-order valence-corrected chi connectivity index (χ3v) is 5.75. The Labute approximate surface area is 123 Å². The van der Waals surface area contributed by atoms with E-state index >= 15 is 0 Å². The summed E-state index contributed by atoms with van der Waals surface area (Å²) in [4.78, 5) is 4.12. The SMILES string of the molecule is CCCN(C1CC1)S(=O)(=O)c1c(Cl)nc2ccccn12. The molecule has 0 amide bonds. The van der Waals surface area contributed by atoms with Crippen molar-refractivity contribution in [2.45, 2.75) is 37.3 Å². The van der Waals surface area contributed by atoms with Crippen LogP contribution in [0.15, 0.2) is 29.4 Å². The molecule has 2 aromatic heterocycles. The molecule has 0 radical (unpaired) electrons. The first-order valence-corrected chi connectivity index (χ1v) is 8.52. The van der Waals surface area contributed by atoms with Crippen LogP contribution in [0.3, 0.4) is 0 Å². The van der Waals surface area contributed by atoms with Crippen LogP contribution in [0.1, 0.15) is 26.2 Å². The van der Waals surface area contributed by atoms with E-state index in [9.17, 15) is 8.42 Å². The Morgan fingerprint density at radius 3 is 2.85 bits per heavy atom. The van der Waals surface area contributed by atoms with Gasteiger partial charge in [0.15, 0.2) is 10.2 Å². The molecule has 0 saturated heterocycles. The summed E-state index contributed by atoms with van der Waals surface area (Å²) in [5.74, 6) is 0. The van der Waals surface area contributed by atoms with Gasteiger partial charge in [0.1, 0.15) is 5.65 Å². The van der Waals surface area contributed by atoms with Crippen molar-refractivity contribution in [3.05, 3.63) is 29.5 Å². The van der Waals surface area contributed by atoms with Crippen LogP contribution >= 0.6 is 11.6 Å². The molecule has 108 valence electrons. The Morgan fingerprint density at radius 1 is 1.45 bits per heavy atom. The van der Waals surface area contributed by atoms with Gasteiger partial charge in [-0.15, -0.1) is 0 Å². The van der Waals surface area contributed by atoms with E-state index in [1.807, 2.05) is 6.92 Å². The molecule has 0 unspecified atom stereocenters. The molecule has 7 heteroatoms. The minimum atomic E-state index is -3.61. The van der Waals surface area contributed by atoms with Crippen molar-refractivity contribution >= 4 is 27.3 Å². The third-order valence-electron chi connectivity index (χ3n) is 3.40. The van der Waals surface area contributed by atoms with E-state index in [2.05, 4.69) is 4.98 Å². The molecular weight excluding hydrogens is 298 g/mol. The minimum absolute atomic E-state index is 0.0398. The predicted molar refractivity (Wildman–Crippen MR) is 77.4 cm³/mol. The second kappa shape index (κ2) is 5.02. The largest absolute Gasteiger partial charge is 0.288 e. The molecular formula is C13H16ClN3O2S. The Hall–Kier alpha value is -1.11. The summed E-state index contributed by atoms with van der Waals surface area (Å²) in [5.41, 5.74) is 0.545. The fourth-order valence-electron chi connectivity index (χ4n) is 2.37. The molecule has 0 spiro atoms. The van der Waals surface area contributed by atoms with Gasteiger partial charge in [0, 0.05) is 18.8 Å². The van der Waals surface area contributed by atoms with E-state index in [4.69, 9.17) is 11.6 Å². The second-order valence-corrected chi connectivity index (χ2v) is 7.15. The van der Waals surface area contributed by atoms with Crippen molar-refractivity contribution in [1.82, 2.24) is 13.7 Å². The van der Waals surface area contributed by atoms with Crippen LogP contribution in [0.5, 0.6) is 0 Å². The van der Waals surface area contributed by atoms with E-state index in [-0.39, 0.29) is 16.2 Å². The number of rotatable bonds is 5. The van der Waals surface area contributed by atoms with Crippen molar-refractivity contribution < 1.29 is 8.42 Å². The smallest absolute Gasteiger partial charge is 0.262 e. The third kappa shape index (κ3) is 2.21. The summed E-state index contributed by atoms with van der Waals surface area (Å²) >= 11 is 6.08. The van der Waals surface area contributed by atoms with Crippen molar-refractivity contribution in [3.8, 4) is 0 Å². The van der Waals surface area contributed by atoms with Gasteiger partial charge < -0.3 is 0 Å². The Kier molecular flexibility index (Phi) is 3.48. The topological polar surface area (TPSA) is 54.7 Å². The summed E-state index contributed by atoms with van der Waals surface area (Å²) in [5, 5.41) is 0.119. The molecule has 0 N–H and O–H groups in total. The lowest BCUT2D eigenvalue weighted by Crippen LogP contribution is -2.34. The predicted octanol–water partition coefficient (Wildman–Crippen LogP) is 2.55. The number of imidazole rings is 1. The van der Waals surface area contributed by atoms with E-state index in [0.29, 0.717) is 12.2 Å². The first kappa shape index (κ1) is 13.9. The standard InChI is InChI=1S/C13H16ClN3O2S/c1-2-8-17(10-6-7-10)20(18,19)13-12(14)15-11-5-3-4-9-16(11)13/h3-5,9-10H,2,6-8H2,1H3. The van der Waals surface area contributed by atoms with Crippen LogP contribution in [0.2, 0.25) is 5.15 Å². The number of aromatic nitrogens is 2. The number of pyridine rings is 1. The van der Waals surface area contributed by atoms with Gasteiger partial charge in [-0.05, 0) is 31.4 Å². The van der Waals surface area contributed by atoms with Crippen LogP contribution in [0.4, 0.5) is 0 Å². The minimum Gasteiger partial charge on any atom is -0.288 e. The van der Waals surface area contributed by atoms with Gasteiger partial charge in [-0.1, -0.05) is 24.6 Å². The van der Waals surface area contributed by atoms with E-state index in [1.54, 1.807) is 33.1 Å². The molecule has 0 aliphatic heterocycles. The van der Waals surface area contributed by atoms with Crippen molar-refractivity contribution in [3.63, 3.8) is 0 Å². The number of hydrogen-bond donors (Lipinski definition) is 0. The average molecular weight is 314 g/mol. The highest BCUT2D eigenvalue weighted by molar-refractivity contribution is 7.89. The lowest BCUT2D eigenvalue weighted by molar-refractivity contribution is 0.401. The van der Waals surface area contributed by atoms with Crippen LogP contribution in [0.25, 0.3) is 5.65 Å². The molecule has 20 heavy (non-hydrogen) atoms. The normalized spacial score (nSPS) is 16.1. The van der Waals surface area contributed by atoms with E-state index in [1.165, 1.54) is 0 Å². The lowest BCUT2D eigenvalue weighted by atomic mass is 10.5. The van der Waals surface area contributed by atoms with Gasteiger partial charge in [0.2, 0.25) is 0 Å². The molecule has 0 bridgehead atoms. The van der Waals surface area contributed by atoms with Gasteiger partial charge in [-0.25, -0.2) is 13.4 Å². The summed E-state index contributed by atoms with van der Waals surface area (Å²) in [6, 6.07) is 5.43. The van der Waals surface area contributed by atoms with E-state index < -0.39 is 10.0 Å². The zero-order chi connectivity index (χ0) is 14.3. The van der Waals surface area contributed by atoms with Gasteiger partial charge in [0.25, 0.3) is 10.0 Å². The first-order valence-electron chi connectivity index (χ1n) is 6.70. The zero-order valence-electron chi connectivity index (χ0n) is 11.2. The zero-order valence-corrected chi connectivity index (χ0v) is 12.7. The van der Waals surface area contributed by atoms with Gasteiger partial charge in [-0.3, -0.25) is 4.40 Å². The fourth-order valence-corrected chi connectivity index (χ4v) is 4.75. The molecule has 0 aromatic carbocycles. The summed E-state index contributed by atoms with van der Waals surface area (Å²) < 4.78 is 28.9. The molecule has 1 saturated carbocycles. The van der Waals surface area contributed by atoms with Crippen LogP contribution in [0, 0.1) is 0 Å². The molecule has 1 aliphatic carbocycles. The van der Waals surface area contributed by atoms with Crippen LogP contribution < -0.4 is 0 Å². The summed E-state index contributed by atoms with van der Waals surface area (Å²) in [7, 11) is -3.61. The Balaban J connectivity index is 2.15. The molecule has 2 heterocycles. The number of nitrogens with zero attached hydrogens (tertiary/aromatic N) is 3. The highest BCUT2D eigenvalue weighted by Crippen LogP contribution is 2.34. The molecule has 5 nitrogen and oxygen atoms in total. The number of hydrogen-bond acceptors (Lipinski definition) is 3. The van der Waals surface area contributed by atoms with E-state index in [0.717, 1.165) is 19.3 Å². The Bertz CT molecular complexity index is 737. The van der Waals surface area contributed by atoms with Crippen molar-refractivity contribution in [2.24, 2.45) is 0 Å². The maximum absolute atomic E-state index is 12.9. The highest BCUT2D eigenvalue weighted by atomic mass is 35.5. The second-order valence-electron chi connectivity index (χ2n) is 4.98. The first-order chi connectivity index (χ1) is 9.55. The molecule has 0 atom stereocenters. The number of sulfonamides is 1. The monoisotopic (exact) mass is 313 g/mol. The summed E-state index contributed by atoms with van der Waals surface area (Å²) in [6.07, 6.45) is 4.31. The molecule has 1 aliphatic rings. The molecule has 1 fully saturated rings. The van der Waals surface area contributed by atoms with Crippen molar-refractivity contribution in [1.29, 1.82) is 0 Å².